The predicted octanol–water partition coefficient (Wildman–Crippen LogP) is 3.69. The number of carbonyl (C=O) groups is 1. The van der Waals surface area contributed by atoms with E-state index in [4.69, 9.17) is 9.57 Å². The van der Waals surface area contributed by atoms with E-state index < -0.39 is 23.1 Å². The van der Waals surface area contributed by atoms with Crippen molar-refractivity contribution >= 4 is 17.9 Å². The van der Waals surface area contributed by atoms with Crippen LogP contribution in [0.4, 0.5) is 5.69 Å². The summed E-state index contributed by atoms with van der Waals surface area (Å²) >= 11 is 0. The molecule has 1 aliphatic rings. The van der Waals surface area contributed by atoms with Gasteiger partial charge in [0.1, 0.15) is 0 Å². The molecule has 0 fully saturated rings. The molecule has 0 saturated carbocycles. The number of allylic oxidation sites excluding steroid dienone is 3. The zero-order valence-corrected chi connectivity index (χ0v) is 16.8. The number of nitrogens with one attached hydrogen (secondary N) is 1. The molecule has 1 aromatic carbocycles. The van der Waals surface area contributed by atoms with Crippen molar-refractivity contribution in [3.05, 3.63) is 62.5 Å². The molecule has 0 aromatic heterocycles. The van der Waals surface area contributed by atoms with Gasteiger partial charge in [0.2, 0.25) is 6.29 Å². The predicted molar refractivity (Wildman–Crippen MR) is 107 cm³/mol. The second kappa shape index (κ2) is 9.83. The molecule has 1 heterocycles. The maximum atomic E-state index is 12.0. The van der Waals surface area contributed by atoms with Crippen molar-refractivity contribution in [2.24, 2.45) is 5.16 Å². The molecule has 1 aliphatic heterocycles. The van der Waals surface area contributed by atoms with Crippen molar-refractivity contribution in [1.82, 2.24) is 5.32 Å². The molecule has 0 bridgehead atoms. The van der Waals surface area contributed by atoms with Gasteiger partial charge in [-0.3, -0.25) is 10.1 Å². The van der Waals surface area contributed by atoms with E-state index >= 15 is 0 Å². The van der Waals surface area contributed by atoms with Crippen LogP contribution in [0.5, 0.6) is 0 Å². The van der Waals surface area contributed by atoms with Crippen LogP contribution in [0, 0.1) is 10.1 Å². The number of non-ortho nitro benzene ring substituents is 1. The van der Waals surface area contributed by atoms with Crippen LogP contribution in [0.25, 0.3) is 0 Å². The fraction of sp³-hybridized carbons (Fsp3) is 0.400. The lowest BCUT2D eigenvalue weighted by Gasteiger charge is -2.30. The van der Waals surface area contributed by atoms with Gasteiger partial charge in [-0.05, 0) is 31.9 Å². The second-order valence-electron chi connectivity index (χ2n) is 6.52. The van der Waals surface area contributed by atoms with Crippen molar-refractivity contribution in [2.45, 2.75) is 46.3 Å². The van der Waals surface area contributed by atoms with Gasteiger partial charge in [0.25, 0.3) is 5.69 Å². The molecule has 0 saturated heterocycles. The van der Waals surface area contributed by atoms with Gasteiger partial charge in [-0.25, -0.2) is 4.79 Å². The van der Waals surface area contributed by atoms with E-state index in [1.807, 2.05) is 13.8 Å². The van der Waals surface area contributed by atoms with Gasteiger partial charge in [0.05, 0.1) is 10.5 Å². The number of carboxylic acid groups (broad SMARTS) is 1. The minimum Gasteiger partial charge on any atom is -0.478 e. The van der Waals surface area contributed by atoms with Gasteiger partial charge in [0.15, 0.2) is 0 Å². The van der Waals surface area contributed by atoms with Crippen molar-refractivity contribution in [2.75, 3.05) is 6.61 Å². The number of hydrogen-bond donors (Lipinski definition) is 2. The number of dihydropyridines is 1. The average Bonchev–Trinajstić information content (AvgIpc) is 2.66. The lowest BCUT2D eigenvalue weighted by Crippen LogP contribution is -2.28. The molecular weight excluding hydrogens is 378 g/mol. The number of nitro benzene ring substituents is 1. The SMILES string of the molecule is CCOC(C)ON=CCC1=C(C)NC(C)=C(C(=O)O)C1c1cccc([N+](=O)[O-])c1. The summed E-state index contributed by atoms with van der Waals surface area (Å²) in [6.07, 6.45) is 1.33. The third-order valence-electron chi connectivity index (χ3n) is 4.54. The molecule has 29 heavy (non-hydrogen) atoms. The molecule has 0 amide bonds. The van der Waals surface area contributed by atoms with Crippen molar-refractivity contribution < 1.29 is 24.4 Å². The van der Waals surface area contributed by atoms with Crippen LogP contribution in [0.1, 0.15) is 45.6 Å². The summed E-state index contributed by atoms with van der Waals surface area (Å²) in [4.78, 5) is 27.9. The Bertz CT molecular complexity index is 875. The summed E-state index contributed by atoms with van der Waals surface area (Å²) in [6.45, 7) is 7.56. The van der Waals surface area contributed by atoms with E-state index in [1.165, 1.54) is 18.3 Å². The number of benzene rings is 1. The van der Waals surface area contributed by atoms with Gasteiger partial charge in [-0.2, -0.15) is 0 Å². The quantitative estimate of drug-likeness (QED) is 0.279. The van der Waals surface area contributed by atoms with Crippen LogP contribution in [-0.4, -0.2) is 35.1 Å². The molecule has 2 N–H and O–H groups in total. The Labute approximate surface area is 168 Å². The number of hydrogen-bond acceptors (Lipinski definition) is 7. The molecule has 0 aliphatic carbocycles. The van der Waals surface area contributed by atoms with Crippen LogP contribution < -0.4 is 5.32 Å². The van der Waals surface area contributed by atoms with Crippen LogP contribution in [0.15, 0.2) is 52.0 Å². The Hall–Kier alpha value is -3.20. The highest BCUT2D eigenvalue weighted by molar-refractivity contribution is 5.91. The normalized spacial score (nSPS) is 18.0. The van der Waals surface area contributed by atoms with Crippen molar-refractivity contribution in [3.63, 3.8) is 0 Å². The summed E-state index contributed by atoms with van der Waals surface area (Å²) in [6, 6.07) is 6.03. The van der Waals surface area contributed by atoms with Crippen molar-refractivity contribution in [1.29, 1.82) is 0 Å². The van der Waals surface area contributed by atoms with Crippen LogP contribution in [0.2, 0.25) is 0 Å². The van der Waals surface area contributed by atoms with Gasteiger partial charge in [0, 0.05) is 55.6 Å². The van der Waals surface area contributed by atoms with Gasteiger partial charge in [-0.15, -0.1) is 0 Å². The molecule has 9 nitrogen and oxygen atoms in total. The molecule has 2 unspecified atom stereocenters. The minimum absolute atomic E-state index is 0.0945. The van der Waals surface area contributed by atoms with Crippen LogP contribution >= 0.6 is 0 Å². The summed E-state index contributed by atoms with van der Waals surface area (Å²) in [5.74, 6) is -1.74. The van der Waals surface area contributed by atoms with Crippen LogP contribution in [-0.2, 0) is 14.4 Å². The monoisotopic (exact) mass is 403 g/mol. The number of oxime groups is 1. The maximum absolute atomic E-state index is 12.0. The largest absolute Gasteiger partial charge is 0.478 e. The molecule has 2 rings (SSSR count). The highest BCUT2D eigenvalue weighted by atomic mass is 16.8. The fourth-order valence-electron chi connectivity index (χ4n) is 3.31. The third-order valence-corrected chi connectivity index (χ3v) is 4.54. The number of aliphatic carboxylic acids is 1. The number of ether oxygens (including phenoxy) is 1. The van der Waals surface area contributed by atoms with E-state index in [0.29, 0.717) is 24.3 Å². The van der Waals surface area contributed by atoms with E-state index in [2.05, 4.69) is 10.5 Å². The average molecular weight is 403 g/mol. The number of nitro groups is 1. The van der Waals surface area contributed by atoms with Gasteiger partial charge < -0.3 is 20.0 Å². The summed E-state index contributed by atoms with van der Waals surface area (Å²) in [5, 5.41) is 28.0. The Kier molecular flexibility index (Phi) is 7.49. The van der Waals surface area contributed by atoms with Gasteiger partial charge in [-0.1, -0.05) is 17.3 Å². The minimum atomic E-state index is -1.09. The Morgan fingerprint density at radius 1 is 1.41 bits per heavy atom. The van der Waals surface area contributed by atoms with E-state index in [9.17, 15) is 20.0 Å². The topological polar surface area (TPSA) is 123 Å². The first-order chi connectivity index (χ1) is 13.8. The first-order valence-electron chi connectivity index (χ1n) is 9.20. The number of nitrogens with zero attached hydrogens (tertiary/aromatic N) is 2. The molecule has 156 valence electrons. The number of carboxylic acids is 1. The smallest absolute Gasteiger partial charge is 0.334 e. The Balaban J connectivity index is 2.40. The Morgan fingerprint density at radius 3 is 2.76 bits per heavy atom. The second-order valence-corrected chi connectivity index (χ2v) is 6.52. The maximum Gasteiger partial charge on any atom is 0.334 e. The van der Waals surface area contributed by atoms with E-state index in [-0.39, 0.29) is 11.3 Å². The summed E-state index contributed by atoms with van der Waals surface area (Å²) in [5.41, 5.74) is 2.58. The molecule has 1 aromatic rings. The fourth-order valence-corrected chi connectivity index (χ4v) is 3.31. The van der Waals surface area contributed by atoms with E-state index in [0.717, 1.165) is 11.3 Å². The van der Waals surface area contributed by atoms with Crippen molar-refractivity contribution in [3.8, 4) is 0 Å². The van der Waals surface area contributed by atoms with Crippen LogP contribution in [0.3, 0.4) is 0 Å². The summed E-state index contributed by atoms with van der Waals surface area (Å²) < 4.78 is 5.23. The molecule has 0 spiro atoms. The highest BCUT2D eigenvalue weighted by Gasteiger charge is 2.33. The zero-order valence-electron chi connectivity index (χ0n) is 16.8. The highest BCUT2D eigenvalue weighted by Crippen LogP contribution is 2.40. The first-order valence-corrected chi connectivity index (χ1v) is 9.20. The molecular formula is C20H25N3O6. The standard InChI is InChI=1S/C20H25N3O6/c1-5-28-14(4)29-21-10-9-17-12(2)22-13(3)18(20(24)25)19(17)15-7-6-8-16(11-15)23(26)27/h6-8,10-11,14,19,22H,5,9H2,1-4H3,(H,24,25). The lowest BCUT2D eigenvalue weighted by atomic mass is 9.79. The van der Waals surface area contributed by atoms with Gasteiger partial charge >= 0.3 is 5.97 Å². The summed E-state index contributed by atoms with van der Waals surface area (Å²) in [7, 11) is 0. The van der Waals surface area contributed by atoms with E-state index in [1.54, 1.807) is 26.0 Å². The Morgan fingerprint density at radius 2 is 2.14 bits per heavy atom. The number of rotatable bonds is 9. The lowest BCUT2D eigenvalue weighted by molar-refractivity contribution is -0.384. The first kappa shape index (κ1) is 22.1. The molecule has 0 radical (unpaired) electrons. The zero-order chi connectivity index (χ0) is 21.6. The third kappa shape index (κ3) is 5.41. The molecule has 9 heteroatoms. The molecule has 2 atom stereocenters.